The third-order valence-electron chi connectivity index (χ3n) is 8.63. The number of rotatable bonds is 15. The van der Waals surface area contributed by atoms with Gasteiger partial charge in [-0.05, 0) is 74.0 Å². The molecule has 33 heavy (non-hydrogen) atoms. The fourth-order valence-corrected chi connectivity index (χ4v) is 6.71. The number of unbranched alkanes of at least 4 members (excludes halogenated alkanes) is 1. The molecule has 0 aromatic rings. The smallest absolute Gasteiger partial charge is 0.310 e. The summed E-state index contributed by atoms with van der Waals surface area (Å²) in [5.41, 5.74) is -0.109. The van der Waals surface area contributed by atoms with Gasteiger partial charge in [0.05, 0.1) is 25.0 Å². The molecule has 0 amide bonds. The molecule has 0 saturated heterocycles. The van der Waals surface area contributed by atoms with Crippen molar-refractivity contribution in [2.45, 2.75) is 119 Å². The SMILES string of the molecule is CCCCC(CC)COC(=O)C1C2CCC(CC(C)C)(CC2)C1C(=O)OCC(CC)CCC. The van der Waals surface area contributed by atoms with Gasteiger partial charge in [0.15, 0.2) is 0 Å². The molecule has 0 N–H and O–H groups in total. The van der Waals surface area contributed by atoms with Crippen LogP contribution in [0.25, 0.3) is 0 Å². The highest BCUT2D eigenvalue weighted by molar-refractivity contribution is 5.83. The van der Waals surface area contributed by atoms with Gasteiger partial charge in [-0.15, -0.1) is 0 Å². The third kappa shape index (κ3) is 7.46. The second kappa shape index (κ2) is 13.7. The van der Waals surface area contributed by atoms with Crippen molar-refractivity contribution in [2.24, 2.45) is 40.9 Å². The van der Waals surface area contributed by atoms with Crippen LogP contribution in [0, 0.1) is 40.9 Å². The fourth-order valence-electron chi connectivity index (χ4n) is 6.71. The van der Waals surface area contributed by atoms with Gasteiger partial charge in [0, 0.05) is 0 Å². The normalized spacial score (nSPS) is 28.5. The topological polar surface area (TPSA) is 52.6 Å². The largest absolute Gasteiger partial charge is 0.465 e. The minimum atomic E-state index is -0.338. The molecule has 3 rings (SSSR count). The number of hydrogen-bond acceptors (Lipinski definition) is 4. The molecule has 2 bridgehead atoms. The van der Waals surface area contributed by atoms with Gasteiger partial charge in [-0.1, -0.05) is 73.6 Å². The molecule has 3 saturated carbocycles. The first kappa shape index (κ1) is 28.2. The van der Waals surface area contributed by atoms with Gasteiger partial charge in [0.1, 0.15) is 0 Å². The summed E-state index contributed by atoms with van der Waals surface area (Å²) in [6.45, 7) is 14.2. The molecule has 4 unspecified atom stereocenters. The molecule has 0 spiro atoms. The minimum Gasteiger partial charge on any atom is -0.465 e. The van der Waals surface area contributed by atoms with Crippen molar-refractivity contribution in [2.75, 3.05) is 13.2 Å². The molecule has 0 aliphatic heterocycles. The number of esters is 2. The van der Waals surface area contributed by atoms with E-state index in [0.29, 0.717) is 31.0 Å². The van der Waals surface area contributed by atoms with Crippen molar-refractivity contribution in [1.29, 1.82) is 0 Å². The Bertz CT molecular complexity index is 590. The van der Waals surface area contributed by atoms with E-state index in [-0.39, 0.29) is 35.1 Å². The van der Waals surface area contributed by atoms with Crippen LogP contribution in [0.4, 0.5) is 0 Å². The van der Waals surface area contributed by atoms with Gasteiger partial charge in [0.2, 0.25) is 0 Å². The lowest BCUT2D eigenvalue weighted by molar-refractivity contribution is -0.185. The van der Waals surface area contributed by atoms with Crippen LogP contribution in [0.15, 0.2) is 0 Å². The van der Waals surface area contributed by atoms with Crippen molar-refractivity contribution in [1.82, 2.24) is 0 Å². The molecule has 4 atom stereocenters. The summed E-state index contributed by atoms with van der Waals surface area (Å²) in [6, 6.07) is 0. The van der Waals surface area contributed by atoms with Crippen LogP contribution in [-0.4, -0.2) is 25.2 Å². The second-order valence-electron chi connectivity index (χ2n) is 11.5. The number of ether oxygens (including phenoxy) is 2. The van der Waals surface area contributed by atoms with Gasteiger partial charge in [-0.3, -0.25) is 9.59 Å². The van der Waals surface area contributed by atoms with Gasteiger partial charge >= 0.3 is 11.9 Å². The molecule has 3 aliphatic rings. The maximum Gasteiger partial charge on any atom is 0.310 e. The molecular weight excluding hydrogens is 412 g/mol. The van der Waals surface area contributed by atoms with Crippen molar-refractivity contribution >= 4 is 11.9 Å². The molecule has 3 aliphatic carbocycles. The molecule has 0 aromatic heterocycles. The Morgan fingerprint density at radius 3 is 1.94 bits per heavy atom. The zero-order chi connectivity index (χ0) is 24.4. The lowest BCUT2D eigenvalue weighted by Crippen LogP contribution is -2.55. The van der Waals surface area contributed by atoms with E-state index in [1.165, 1.54) is 6.42 Å². The highest BCUT2D eigenvalue weighted by atomic mass is 16.5. The van der Waals surface area contributed by atoms with E-state index in [0.717, 1.165) is 70.6 Å². The summed E-state index contributed by atoms with van der Waals surface area (Å²) >= 11 is 0. The predicted octanol–water partition coefficient (Wildman–Crippen LogP) is 7.58. The zero-order valence-electron chi connectivity index (χ0n) is 22.5. The molecule has 192 valence electrons. The van der Waals surface area contributed by atoms with Crippen LogP contribution in [0.2, 0.25) is 0 Å². The third-order valence-corrected chi connectivity index (χ3v) is 8.63. The van der Waals surface area contributed by atoms with Gasteiger partial charge in [-0.2, -0.15) is 0 Å². The van der Waals surface area contributed by atoms with Crippen molar-refractivity contribution < 1.29 is 19.1 Å². The first-order chi connectivity index (χ1) is 15.8. The zero-order valence-corrected chi connectivity index (χ0v) is 22.5. The minimum absolute atomic E-state index is 0.109. The summed E-state index contributed by atoms with van der Waals surface area (Å²) in [5.74, 6) is 0.660. The van der Waals surface area contributed by atoms with Crippen molar-refractivity contribution in [3.05, 3.63) is 0 Å². The van der Waals surface area contributed by atoms with Crippen LogP contribution in [0.5, 0.6) is 0 Å². The van der Waals surface area contributed by atoms with Crippen LogP contribution < -0.4 is 0 Å². The fraction of sp³-hybridized carbons (Fsp3) is 0.931. The Morgan fingerprint density at radius 2 is 1.42 bits per heavy atom. The van der Waals surface area contributed by atoms with E-state index in [1.54, 1.807) is 0 Å². The Labute approximate surface area is 203 Å². The molecule has 4 heteroatoms. The van der Waals surface area contributed by atoms with Crippen molar-refractivity contribution in [3.63, 3.8) is 0 Å². The lowest BCUT2D eigenvalue weighted by Gasteiger charge is -2.55. The van der Waals surface area contributed by atoms with E-state index in [9.17, 15) is 9.59 Å². The quantitative estimate of drug-likeness (QED) is 0.234. The van der Waals surface area contributed by atoms with Crippen LogP contribution in [-0.2, 0) is 19.1 Å². The van der Waals surface area contributed by atoms with Gasteiger partial charge in [-0.25, -0.2) is 0 Å². The van der Waals surface area contributed by atoms with Crippen LogP contribution in [0.3, 0.4) is 0 Å². The lowest BCUT2D eigenvalue weighted by atomic mass is 9.48. The van der Waals surface area contributed by atoms with Crippen LogP contribution >= 0.6 is 0 Å². The van der Waals surface area contributed by atoms with Gasteiger partial charge in [0.25, 0.3) is 0 Å². The summed E-state index contributed by atoms with van der Waals surface area (Å²) in [5, 5.41) is 0. The average molecular weight is 465 g/mol. The Balaban J connectivity index is 2.19. The van der Waals surface area contributed by atoms with E-state index >= 15 is 0 Å². The Kier molecular flexibility index (Phi) is 11.7. The second-order valence-corrected chi connectivity index (χ2v) is 11.5. The number of carbonyl (C=O) groups is 2. The Morgan fingerprint density at radius 1 is 0.848 bits per heavy atom. The first-order valence-corrected chi connectivity index (χ1v) is 14.1. The van der Waals surface area contributed by atoms with Gasteiger partial charge < -0.3 is 9.47 Å². The highest BCUT2D eigenvalue weighted by Crippen LogP contribution is 2.60. The van der Waals surface area contributed by atoms with E-state index in [2.05, 4.69) is 41.5 Å². The molecule has 0 heterocycles. The van der Waals surface area contributed by atoms with Crippen LogP contribution in [0.1, 0.15) is 119 Å². The summed E-state index contributed by atoms with van der Waals surface area (Å²) in [6.07, 6.45) is 12.8. The Hall–Kier alpha value is -1.06. The molecular formula is C29H52O4. The molecule has 3 fully saturated rings. The summed E-state index contributed by atoms with van der Waals surface area (Å²) in [4.78, 5) is 27.1. The standard InChI is InChI=1S/C29H52O4/c1-7-11-13-23(10-4)20-32-27(30)25-24-14-16-29(17-15-24,18-21(5)6)26(25)28(31)33-19-22(9-3)12-8-2/h21-26H,7-20H2,1-6H3. The maximum atomic E-state index is 13.6. The molecule has 0 aromatic carbocycles. The van der Waals surface area contributed by atoms with E-state index in [1.807, 2.05) is 0 Å². The average Bonchev–Trinajstić information content (AvgIpc) is 2.80. The molecule has 0 radical (unpaired) electrons. The number of hydrogen-bond donors (Lipinski definition) is 0. The van der Waals surface area contributed by atoms with Crippen molar-refractivity contribution in [3.8, 4) is 0 Å². The molecule has 4 nitrogen and oxygen atoms in total. The number of fused-ring (bicyclic) bond motifs is 3. The van der Waals surface area contributed by atoms with E-state index < -0.39 is 0 Å². The monoisotopic (exact) mass is 464 g/mol. The first-order valence-electron chi connectivity index (χ1n) is 14.1. The van der Waals surface area contributed by atoms with E-state index in [4.69, 9.17) is 9.47 Å². The summed E-state index contributed by atoms with van der Waals surface area (Å²) in [7, 11) is 0. The summed E-state index contributed by atoms with van der Waals surface area (Å²) < 4.78 is 11.9. The number of carbonyl (C=O) groups excluding carboxylic acids is 2. The predicted molar refractivity (Wildman–Crippen MR) is 135 cm³/mol. The maximum absolute atomic E-state index is 13.6. The highest BCUT2D eigenvalue weighted by Gasteiger charge is 2.59.